The molecule has 4 heteroatoms. The maximum Gasteiger partial charge on any atom is 0.251 e. The number of benzene rings is 1. The van der Waals surface area contributed by atoms with Crippen LogP contribution in [0.3, 0.4) is 0 Å². The van der Waals surface area contributed by atoms with Crippen molar-refractivity contribution in [1.29, 1.82) is 0 Å². The van der Waals surface area contributed by atoms with E-state index in [0.717, 1.165) is 36.3 Å². The zero-order valence-corrected chi connectivity index (χ0v) is 13.0. The molecule has 114 valence electrons. The second kappa shape index (κ2) is 6.06. The van der Waals surface area contributed by atoms with E-state index in [9.17, 15) is 4.79 Å². The lowest BCUT2D eigenvalue weighted by Crippen LogP contribution is -2.42. The van der Waals surface area contributed by atoms with E-state index >= 15 is 0 Å². The Balaban J connectivity index is 1.66. The molecule has 2 heterocycles. The smallest absolute Gasteiger partial charge is 0.251 e. The van der Waals surface area contributed by atoms with Crippen LogP contribution in [0.15, 0.2) is 18.2 Å². The lowest BCUT2D eigenvalue weighted by molar-refractivity contribution is 0.0929. The number of fused-ring (bicyclic) bond motifs is 1. The van der Waals surface area contributed by atoms with Gasteiger partial charge in [-0.05, 0) is 63.4 Å². The SMILES string of the molecule is CCNc1ccc(C(=O)NC2CCN3CCCC23)cc1C. The van der Waals surface area contributed by atoms with Crippen LogP contribution in [0.1, 0.15) is 42.1 Å². The van der Waals surface area contributed by atoms with Gasteiger partial charge in [0.1, 0.15) is 0 Å². The first-order valence-electron chi connectivity index (χ1n) is 8.08. The molecule has 1 aromatic carbocycles. The van der Waals surface area contributed by atoms with Gasteiger partial charge in [0.2, 0.25) is 0 Å². The Labute approximate surface area is 126 Å². The van der Waals surface area contributed by atoms with Crippen LogP contribution >= 0.6 is 0 Å². The zero-order valence-electron chi connectivity index (χ0n) is 13.0. The van der Waals surface area contributed by atoms with Gasteiger partial charge in [0, 0.05) is 36.4 Å². The Morgan fingerprint density at radius 3 is 2.95 bits per heavy atom. The van der Waals surface area contributed by atoms with Crippen LogP contribution in [0.2, 0.25) is 0 Å². The molecule has 2 aliphatic heterocycles. The van der Waals surface area contributed by atoms with Gasteiger partial charge < -0.3 is 10.6 Å². The maximum absolute atomic E-state index is 12.5. The Bertz CT molecular complexity index is 529. The van der Waals surface area contributed by atoms with Gasteiger partial charge in [-0.2, -0.15) is 0 Å². The molecule has 3 rings (SSSR count). The minimum atomic E-state index is 0.0694. The van der Waals surface area contributed by atoms with Crippen LogP contribution in [-0.4, -0.2) is 42.5 Å². The van der Waals surface area contributed by atoms with Gasteiger partial charge in [-0.25, -0.2) is 0 Å². The molecule has 21 heavy (non-hydrogen) atoms. The largest absolute Gasteiger partial charge is 0.385 e. The van der Waals surface area contributed by atoms with E-state index in [1.54, 1.807) is 0 Å². The number of nitrogens with one attached hydrogen (secondary N) is 2. The van der Waals surface area contributed by atoms with Gasteiger partial charge in [0.05, 0.1) is 0 Å². The topological polar surface area (TPSA) is 44.4 Å². The standard InChI is InChI=1S/C17H25N3O/c1-3-18-14-7-6-13(11-12(14)2)17(21)19-15-8-10-20-9-4-5-16(15)20/h6-7,11,15-16,18H,3-5,8-10H2,1-2H3,(H,19,21). The summed E-state index contributed by atoms with van der Waals surface area (Å²) in [6.45, 7) is 7.35. The van der Waals surface area contributed by atoms with Crippen molar-refractivity contribution < 1.29 is 4.79 Å². The fourth-order valence-electron chi connectivity index (χ4n) is 3.70. The first-order chi connectivity index (χ1) is 10.2. The lowest BCUT2D eigenvalue weighted by Gasteiger charge is -2.21. The van der Waals surface area contributed by atoms with Crippen molar-refractivity contribution in [2.45, 2.75) is 45.2 Å². The molecular weight excluding hydrogens is 262 g/mol. The Hall–Kier alpha value is -1.55. The molecule has 0 spiro atoms. The molecule has 1 amide bonds. The number of carbonyl (C=O) groups is 1. The molecule has 0 saturated carbocycles. The third-order valence-electron chi connectivity index (χ3n) is 4.78. The Morgan fingerprint density at radius 1 is 1.33 bits per heavy atom. The van der Waals surface area contributed by atoms with E-state index in [0.29, 0.717) is 12.1 Å². The quantitative estimate of drug-likeness (QED) is 0.894. The fraction of sp³-hybridized carbons (Fsp3) is 0.588. The fourth-order valence-corrected chi connectivity index (χ4v) is 3.70. The summed E-state index contributed by atoms with van der Waals surface area (Å²) in [5.41, 5.74) is 3.00. The second-order valence-electron chi connectivity index (χ2n) is 6.17. The number of anilines is 1. The van der Waals surface area contributed by atoms with E-state index in [1.807, 2.05) is 25.1 Å². The summed E-state index contributed by atoms with van der Waals surface area (Å²) in [6, 6.07) is 6.80. The van der Waals surface area contributed by atoms with Crippen molar-refractivity contribution in [2.75, 3.05) is 25.0 Å². The summed E-state index contributed by atoms with van der Waals surface area (Å²) in [5.74, 6) is 0.0694. The van der Waals surface area contributed by atoms with Crippen molar-refractivity contribution in [3.8, 4) is 0 Å². The first kappa shape index (κ1) is 14.4. The van der Waals surface area contributed by atoms with E-state index in [-0.39, 0.29) is 5.91 Å². The molecule has 0 aromatic heterocycles. The lowest BCUT2D eigenvalue weighted by atomic mass is 10.0. The minimum absolute atomic E-state index is 0.0694. The van der Waals surface area contributed by atoms with Crippen LogP contribution < -0.4 is 10.6 Å². The van der Waals surface area contributed by atoms with Crippen LogP contribution in [0.25, 0.3) is 0 Å². The summed E-state index contributed by atoms with van der Waals surface area (Å²) < 4.78 is 0. The molecule has 0 aliphatic carbocycles. The molecule has 0 radical (unpaired) electrons. The van der Waals surface area contributed by atoms with E-state index in [4.69, 9.17) is 0 Å². The van der Waals surface area contributed by atoms with Gasteiger partial charge in [0.25, 0.3) is 5.91 Å². The van der Waals surface area contributed by atoms with Crippen molar-refractivity contribution in [2.24, 2.45) is 0 Å². The van der Waals surface area contributed by atoms with E-state index in [1.165, 1.54) is 19.4 Å². The summed E-state index contributed by atoms with van der Waals surface area (Å²) >= 11 is 0. The van der Waals surface area contributed by atoms with E-state index < -0.39 is 0 Å². The minimum Gasteiger partial charge on any atom is -0.385 e. The van der Waals surface area contributed by atoms with Gasteiger partial charge >= 0.3 is 0 Å². The number of carbonyl (C=O) groups excluding carboxylic acids is 1. The molecule has 2 atom stereocenters. The van der Waals surface area contributed by atoms with Gasteiger partial charge in [-0.1, -0.05) is 0 Å². The molecule has 2 N–H and O–H groups in total. The van der Waals surface area contributed by atoms with Crippen LogP contribution in [0, 0.1) is 6.92 Å². The Kier molecular flexibility index (Phi) is 4.15. The normalized spacial score (nSPS) is 24.9. The molecule has 2 unspecified atom stereocenters. The molecule has 2 aliphatic rings. The predicted molar refractivity (Wildman–Crippen MR) is 85.8 cm³/mol. The summed E-state index contributed by atoms with van der Waals surface area (Å²) in [7, 11) is 0. The molecule has 4 nitrogen and oxygen atoms in total. The third kappa shape index (κ3) is 2.91. The number of hydrogen-bond donors (Lipinski definition) is 2. The molecule has 0 bridgehead atoms. The van der Waals surface area contributed by atoms with Gasteiger partial charge in [-0.15, -0.1) is 0 Å². The molecule has 2 fully saturated rings. The van der Waals surface area contributed by atoms with Gasteiger partial charge in [-0.3, -0.25) is 9.69 Å². The van der Waals surface area contributed by atoms with Gasteiger partial charge in [0.15, 0.2) is 0 Å². The van der Waals surface area contributed by atoms with Crippen molar-refractivity contribution >= 4 is 11.6 Å². The number of amides is 1. The molecular formula is C17H25N3O. The first-order valence-corrected chi connectivity index (χ1v) is 8.08. The number of rotatable bonds is 4. The summed E-state index contributed by atoms with van der Waals surface area (Å²) in [6.07, 6.45) is 3.59. The zero-order chi connectivity index (χ0) is 14.8. The van der Waals surface area contributed by atoms with Crippen molar-refractivity contribution in [3.63, 3.8) is 0 Å². The maximum atomic E-state index is 12.5. The number of aryl methyl sites for hydroxylation is 1. The van der Waals surface area contributed by atoms with Crippen LogP contribution in [-0.2, 0) is 0 Å². The van der Waals surface area contributed by atoms with Crippen molar-refractivity contribution in [3.05, 3.63) is 29.3 Å². The Morgan fingerprint density at radius 2 is 2.19 bits per heavy atom. The summed E-state index contributed by atoms with van der Waals surface area (Å²) in [4.78, 5) is 15.0. The predicted octanol–water partition coefficient (Wildman–Crippen LogP) is 2.39. The van der Waals surface area contributed by atoms with Crippen LogP contribution in [0.4, 0.5) is 5.69 Å². The monoisotopic (exact) mass is 287 g/mol. The number of hydrogen-bond acceptors (Lipinski definition) is 3. The average molecular weight is 287 g/mol. The third-order valence-corrected chi connectivity index (χ3v) is 4.78. The second-order valence-corrected chi connectivity index (χ2v) is 6.17. The highest BCUT2D eigenvalue weighted by molar-refractivity contribution is 5.95. The summed E-state index contributed by atoms with van der Waals surface area (Å²) in [5, 5.41) is 6.55. The highest BCUT2D eigenvalue weighted by Gasteiger charge is 2.37. The molecule has 1 aromatic rings. The van der Waals surface area contributed by atoms with Crippen LogP contribution in [0.5, 0.6) is 0 Å². The van der Waals surface area contributed by atoms with E-state index in [2.05, 4.69) is 22.5 Å². The highest BCUT2D eigenvalue weighted by Crippen LogP contribution is 2.28. The average Bonchev–Trinajstić information content (AvgIpc) is 3.06. The highest BCUT2D eigenvalue weighted by atomic mass is 16.1. The number of nitrogens with zero attached hydrogens (tertiary/aromatic N) is 1. The van der Waals surface area contributed by atoms with Crippen molar-refractivity contribution in [1.82, 2.24) is 10.2 Å². The molecule has 2 saturated heterocycles.